The highest BCUT2D eigenvalue weighted by molar-refractivity contribution is 5.76. The molecule has 0 saturated carbocycles. The standard InChI is InChI=1S/Al.2H2O.Si/h;2*1H2;/p-1. The molecule has 0 rings (SSSR count). The fourth-order valence-electron chi connectivity index (χ4n) is 0. The van der Waals surface area contributed by atoms with E-state index in [4.69, 9.17) is 0 Å². The van der Waals surface area contributed by atoms with Crippen LogP contribution in [-0.4, -0.2) is 39.3 Å². The van der Waals surface area contributed by atoms with E-state index in [9.17, 15) is 0 Å². The summed E-state index contributed by atoms with van der Waals surface area (Å²) in [6.07, 6.45) is 0. The lowest BCUT2D eigenvalue weighted by Crippen LogP contribution is -0.382. The first-order valence-corrected chi connectivity index (χ1v) is 0. The minimum Gasteiger partial charge on any atom is -0.870 e. The molecule has 0 fully saturated rings. The largest absolute Gasteiger partial charge is 0.870 e. The topological polar surface area (TPSA) is 61.5 Å². The summed E-state index contributed by atoms with van der Waals surface area (Å²) in [6, 6.07) is 0. The van der Waals surface area contributed by atoms with Crippen molar-refractivity contribution in [2.24, 2.45) is 0 Å². The van der Waals surface area contributed by atoms with Crippen LogP contribution >= 0.6 is 0 Å². The van der Waals surface area contributed by atoms with Gasteiger partial charge < -0.3 is 11.0 Å². The van der Waals surface area contributed by atoms with E-state index >= 15 is 0 Å². The van der Waals surface area contributed by atoms with Gasteiger partial charge in [0.2, 0.25) is 0 Å². The van der Waals surface area contributed by atoms with Crippen molar-refractivity contribution in [2.45, 2.75) is 0 Å². The lowest BCUT2D eigenvalue weighted by Gasteiger charge is -0.870. The summed E-state index contributed by atoms with van der Waals surface area (Å²) in [4.78, 5) is 0. The zero-order valence-corrected chi connectivity index (χ0v) is 4.18. The second-order valence-corrected chi connectivity index (χ2v) is 0. The van der Waals surface area contributed by atoms with Crippen molar-refractivity contribution in [1.29, 1.82) is 0 Å². The highest BCUT2D eigenvalue weighted by Crippen LogP contribution is -0.288. The molecular formula is H3AlO2Si-. The smallest absolute Gasteiger partial charge is 0 e. The van der Waals surface area contributed by atoms with Crippen molar-refractivity contribution in [3.63, 3.8) is 0 Å². The van der Waals surface area contributed by atoms with E-state index in [0.29, 0.717) is 0 Å². The maximum atomic E-state index is 0. The quantitative estimate of drug-likeness (QED) is 0.325. The van der Waals surface area contributed by atoms with Crippen molar-refractivity contribution >= 4 is 28.3 Å². The molecule has 0 amide bonds. The highest BCUT2D eigenvalue weighted by atomic mass is 28.1. The summed E-state index contributed by atoms with van der Waals surface area (Å²) in [5, 5.41) is 0. The highest BCUT2D eigenvalue weighted by Gasteiger charge is 0.00101. The summed E-state index contributed by atoms with van der Waals surface area (Å²) in [5.41, 5.74) is 0. The van der Waals surface area contributed by atoms with Crippen LogP contribution in [0.3, 0.4) is 0 Å². The fraction of sp³-hybridized carbons (Fsp3) is 0. The van der Waals surface area contributed by atoms with Gasteiger partial charge in [-0.15, -0.1) is 0 Å². The first-order valence-electron chi connectivity index (χ1n) is 0. The monoisotopic (exact) mass is 90.0 g/mol. The number of rotatable bonds is 0. The molecule has 0 atom stereocenters. The first-order chi connectivity index (χ1) is 0. The molecule has 0 saturated heterocycles. The minimum atomic E-state index is 0. The molecule has 0 aliphatic carbocycles. The molecular weight excluding hydrogens is 87.1 g/mol. The van der Waals surface area contributed by atoms with Gasteiger partial charge >= 0.3 is 0 Å². The van der Waals surface area contributed by atoms with Gasteiger partial charge in [0, 0.05) is 28.3 Å². The summed E-state index contributed by atoms with van der Waals surface area (Å²) < 4.78 is 0. The molecule has 0 heterocycles. The Kier molecular flexibility index (Phi) is 2050. The van der Waals surface area contributed by atoms with E-state index < -0.39 is 0 Å². The summed E-state index contributed by atoms with van der Waals surface area (Å²) >= 11 is 0. The third-order valence-corrected chi connectivity index (χ3v) is 0. The van der Waals surface area contributed by atoms with Crippen LogP contribution in [0.4, 0.5) is 0 Å². The summed E-state index contributed by atoms with van der Waals surface area (Å²) in [6.45, 7) is 0. The molecule has 0 unspecified atom stereocenters. The molecule has 3 N–H and O–H groups in total. The maximum absolute atomic E-state index is 0. The van der Waals surface area contributed by atoms with Gasteiger partial charge in [-0.2, -0.15) is 0 Å². The molecule has 23 valence electrons. The Morgan fingerprint density at radius 2 is 1.00 bits per heavy atom. The van der Waals surface area contributed by atoms with Crippen LogP contribution in [0.25, 0.3) is 0 Å². The molecule has 0 aromatic heterocycles. The van der Waals surface area contributed by atoms with Crippen LogP contribution in [-0.2, 0) is 0 Å². The Bertz CT molecular complexity index is 6.00. The molecule has 0 aliphatic heterocycles. The van der Waals surface area contributed by atoms with E-state index in [1.165, 1.54) is 0 Å². The van der Waals surface area contributed by atoms with E-state index in [1.54, 1.807) is 0 Å². The van der Waals surface area contributed by atoms with Crippen LogP contribution in [0.1, 0.15) is 0 Å². The van der Waals surface area contributed by atoms with E-state index in [1.807, 2.05) is 0 Å². The summed E-state index contributed by atoms with van der Waals surface area (Å²) in [7, 11) is 0. The molecule has 2 nitrogen and oxygen atoms in total. The normalized spacial score (nSPS) is 0. The second kappa shape index (κ2) is 58.4. The molecule has 4 heavy (non-hydrogen) atoms. The van der Waals surface area contributed by atoms with Crippen molar-refractivity contribution in [3.05, 3.63) is 0 Å². The third kappa shape index (κ3) is 16.6. The molecule has 4 heteroatoms. The Balaban J connectivity index is 0. The molecule has 0 bridgehead atoms. The van der Waals surface area contributed by atoms with Gasteiger partial charge in [-0.25, -0.2) is 0 Å². The van der Waals surface area contributed by atoms with E-state index in [-0.39, 0.29) is 39.3 Å². The number of hydrogen-bond donors (Lipinski definition) is 0. The van der Waals surface area contributed by atoms with Gasteiger partial charge in [0.15, 0.2) is 0 Å². The van der Waals surface area contributed by atoms with Crippen molar-refractivity contribution < 1.29 is 11.0 Å². The SMILES string of the molecule is O.[Al].[OH-].[Si]. The first kappa shape index (κ1) is 140. The minimum absolute atomic E-state index is 0. The zero-order chi connectivity index (χ0) is 0. The van der Waals surface area contributed by atoms with Crippen LogP contribution < -0.4 is 0 Å². The lowest BCUT2D eigenvalue weighted by atomic mass is 16.0. The van der Waals surface area contributed by atoms with Gasteiger partial charge in [0.05, 0.1) is 0 Å². The van der Waals surface area contributed by atoms with Crippen LogP contribution in [0, 0.1) is 0 Å². The van der Waals surface area contributed by atoms with Gasteiger partial charge in [-0.05, 0) is 0 Å². The predicted molar refractivity (Wildman–Crippen MR) is 17.1 cm³/mol. The van der Waals surface area contributed by atoms with Crippen molar-refractivity contribution in [2.75, 3.05) is 0 Å². The Morgan fingerprint density at radius 3 is 1.00 bits per heavy atom. The van der Waals surface area contributed by atoms with Gasteiger partial charge in [-0.1, -0.05) is 0 Å². The molecule has 0 aromatic carbocycles. The predicted octanol–water partition coefficient (Wildman–Crippen LogP) is -1.76. The van der Waals surface area contributed by atoms with Gasteiger partial charge in [0.25, 0.3) is 0 Å². The number of hydrogen-bond acceptors (Lipinski definition) is 1. The van der Waals surface area contributed by atoms with Crippen LogP contribution in [0.15, 0.2) is 0 Å². The molecule has 0 spiro atoms. The third-order valence-electron chi connectivity index (χ3n) is 0. The summed E-state index contributed by atoms with van der Waals surface area (Å²) in [5.74, 6) is 0. The molecule has 0 aliphatic rings. The van der Waals surface area contributed by atoms with Gasteiger partial charge in [-0.3, -0.25) is 0 Å². The maximum Gasteiger partial charge on any atom is 0 e. The van der Waals surface area contributed by atoms with Crippen LogP contribution in [0.5, 0.6) is 0 Å². The average molecular weight is 90.1 g/mol. The molecule has 0 aromatic rings. The second-order valence-electron chi connectivity index (χ2n) is 0. The fourth-order valence-corrected chi connectivity index (χ4v) is 0. The van der Waals surface area contributed by atoms with E-state index in [2.05, 4.69) is 0 Å². The Hall–Kier alpha value is 0.669. The Morgan fingerprint density at radius 1 is 1.00 bits per heavy atom. The van der Waals surface area contributed by atoms with Gasteiger partial charge in [0.1, 0.15) is 0 Å². The van der Waals surface area contributed by atoms with Crippen LogP contribution in [0.2, 0.25) is 0 Å². The van der Waals surface area contributed by atoms with Crippen molar-refractivity contribution in [1.82, 2.24) is 0 Å². The molecule has 7 radical (unpaired) electrons. The average Bonchev–Trinajstić information content (AvgIpc) is 0. The lowest BCUT2D eigenvalue weighted by molar-refractivity contribution is 0.823. The van der Waals surface area contributed by atoms with Crippen molar-refractivity contribution in [3.8, 4) is 0 Å². The van der Waals surface area contributed by atoms with E-state index in [0.717, 1.165) is 0 Å². The Labute approximate surface area is 40.0 Å². The zero-order valence-electron chi connectivity index (χ0n) is 2.02.